The van der Waals surface area contributed by atoms with Gasteiger partial charge in [-0.15, -0.1) is 0 Å². The van der Waals surface area contributed by atoms with Crippen molar-refractivity contribution in [2.45, 2.75) is 19.8 Å². The summed E-state index contributed by atoms with van der Waals surface area (Å²) < 4.78 is 0. The average molecular weight is 296 g/mol. The number of benzene rings is 1. The second kappa shape index (κ2) is 5.44. The summed E-state index contributed by atoms with van der Waals surface area (Å²) in [5, 5.41) is 0. The number of hydrogen-bond donors (Lipinski definition) is 1. The molecule has 1 aromatic heterocycles. The number of pyridine rings is 1. The van der Waals surface area contributed by atoms with Gasteiger partial charge in [-0.1, -0.05) is 50.2 Å². The van der Waals surface area contributed by atoms with Crippen LogP contribution in [0.2, 0.25) is 0 Å². The summed E-state index contributed by atoms with van der Waals surface area (Å²) in [6.07, 6.45) is 0. The van der Waals surface area contributed by atoms with E-state index in [4.69, 9.17) is 0 Å². The van der Waals surface area contributed by atoms with Crippen molar-refractivity contribution in [3.8, 4) is 0 Å². The summed E-state index contributed by atoms with van der Waals surface area (Å²) in [6.45, 7) is 5.73. The first-order valence-electron chi connectivity index (χ1n) is 7.51. The molecule has 1 aliphatic rings. The van der Waals surface area contributed by atoms with Crippen molar-refractivity contribution >= 4 is 5.91 Å². The Kier molecular flexibility index (Phi) is 3.61. The molecule has 0 spiro atoms. The largest absolute Gasteiger partial charge is 0.336 e. The first-order valence-corrected chi connectivity index (χ1v) is 7.51. The standard InChI is InChI=1S/C18H20N2O2/c1-18(2)12-20(11-14(18)13-7-4-3-5-8-13)17(22)15-9-6-10-16(21)19-15/h3-10,14H,11-12H2,1-2H3,(H,19,21)/t14-/m1/s1. The number of likely N-dealkylation sites (tertiary alicyclic amines) is 1. The molecule has 0 bridgehead atoms. The van der Waals surface area contributed by atoms with Crippen molar-refractivity contribution in [1.29, 1.82) is 0 Å². The van der Waals surface area contributed by atoms with Gasteiger partial charge in [-0.25, -0.2) is 0 Å². The molecule has 1 amide bonds. The fourth-order valence-electron chi connectivity index (χ4n) is 3.27. The molecule has 1 aromatic carbocycles. The second-order valence-corrected chi connectivity index (χ2v) is 6.57. The predicted octanol–water partition coefficient (Wildman–Crippen LogP) is 2.64. The molecule has 1 saturated heterocycles. The third kappa shape index (κ3) is 2.69. The van der Waals surface area contributed by atoms with Gasteiger partial charge in [0.05, 0.1) is 0 Å². The molecule has 4 heteroatoms. The van der Waals surface area contributed by atoms with Gasteiger partial charge in [0, 0.05) is 25.1 Å². The van der Waals surface area contributed by atoms with Crippen LogP contribution < -0.4 is 5.56 Å². The van der Waals surface area contributed by atoms with Gasteiger partial charge in [0.15, 0.2) is 0 Å². The van der Waals surface area contributed by atoms with E-state index in [1.807, 2.05) is 23.1 Å². The van der Waals surface area contributed by atoms with Crippen LogP contribution in [0.25, 0.3) is 0 Å². The molecular weight excluding hydrogens is 276 g/mol. The maximum absolute atomic E-state index is 12.6. The molecule has 3 rings (SSSR count). The van der Waals surface area contributed by atoms with E-state index in [-0.39, 0.29) is 16.9 Å². The Bertz CT molecular complexity index is 734. The first-order chi connectivity index (χ1) is 10.5. The maximum atomic E-state index is 12.6. The van der Waals surface area contributed by atoms with Crippen molar-refractivity contribution < 1.29 is 4.79 Å². The Hall–Kier alpha value is -2.36. The molecule has 0 unspecified atom stereocenters. The molecular formula is C18H20N2O2. The zero-order valence-electron chi connectivity index (χ0n) is 12.9. The zero-order chi connectivity index (χ0) is 15.7. The Labute approximate surface area is 129 Å². The van der Waals surface area contributed by atoms with Gasteiger partial charge in [0.25, 0.3) is 5.91 Å². The fourth-order valence-corrected chi connectivity index (χ4v) is 3.27. The lowest BCUT2D eigenvalue weighted by atomic mass is 9.78. The van der Waals surface area contributed by atoms with Gasteiger partial charge >= 0.3 is 0 Å². The summed E-state index contributed by atoms with van der Waals surface area (Å²) in [4.78, 5) is 28.5. The molecule has 22 heavy (non-hydrogen) atoms. The van der Waals surface area contributed by atoms with Crippen molar-refractivity contribution in [2.75, 3.05) is 13.1 Å². The Morgan fingerprint density at radius 3 is 2.55 bits per heavy atom. The van der Waals surface area contributed by atoms with E-state index in [1.165, 1.54) is 11.6 Å². The van der Waals surface area contributed by atoms with E-state index >= 15 is 0 Å². The van der Waals surface area contributed by atoms with E-state index in [9.17, 15) is 9.59 Å². The summed E-state index contributed by atoms with van der Waals surface area (Å²) in [5.41, 5.74) is 1.37. The molecule has 114 valence electrons. The predicted molar refractivity (Wildman–Crippen MR) is 85.9 cm³/mol. The summed E-state index contributed by atoms with van der Waals surface area (Å²) in [6, 6.07) is 15.0. The average Bonchev–Trinajstić information content (AvgIpc) is 2.83. The highest BCUT2D eigenvalue weighted by Crippen LogP contribution is 2.42. The van der Waals surface area contributed by atoms with Gasteiger partial charge in [0.1, 0.15) is 5.69 Å². The van der Waals surface area contributed by atoms with Gasteiger partial charge in [-0.05, 0) is 17.0 Å². The number of aromatic amines is 1. The number of rotatable bonds is 2. The highest BCUT2D eigenvalue weighted by Gasteiger charge is 2.42. The smallest absolute Gasteiger partial charge is 0.270 e. The van der Waals surface area contributed by atoms with Crippen molar-refractivity contribution in [3.63, 3.8) is 0 Å². The number of amides is 1. The molecule has 4 nitrogen and oxygen atoms in total. The molecule has 2 heterocycles. The minimum absolute atomic E-state index is 0.00604. The topological polar surface area (TPSA) is 53.2 Å². The van der Waals surface area contributed by atoms with Crippen LogP contribution in [0.15, 0.2) is 53.3 Å². The van der Waals surface area contributed by atoms with E-state index in [0.29, 0.717) is 24.7 Å². The molecule has 2 aromatic rings. The minimum atomic E-state index is -0.246. The number of nitrogens with one attached hydrogen (secondary N) is 1. The summed E-state index contributed by atoms with van der Waals surface area (Å²) >= 11 is 0. The van der Waals surface area contributed by atoms with E-state index in [2.05, 4.69) is 31.0 Å². The van der Waals surface area contributed by atoms with E-state index in [0.717, 1.165) is 0 Å². The monoisotopic (exact) mass is 296 g/mol. The van der Waals surface area contributed by atoms with Crippen LogP contribution in [0.3, 0.4) is 0 Å². The molecule has 0 aliphatic carbocycles. The van der Waals surface area contributed by atoms with Crippen LogP contribution in [0, 0.1) is 5.41 Å². The van der Waals surface area contributed by atoms with Crippen LogP contribution in [0.1, 0.15) is 35.8 Å². The summed E-state index contributed by atoms with van der Waals surface area (Å²) in [5.74, 6) is 0.192. The van der Waals surface area contributed by atoms with Gasteiger partial charge < -0.3 is 9.88 Å². The minimum Gasteiger partial charge on any atom is -0.336 e. The number of nitrogens with zero attached hydrogens (tertiary/aromatic N) is 1. The van der Waals surface area contributed by atoms with Crippen LogP contribution in [-0.2, 0) is 0 Å². The lowest BCUT2D eigenvalue weighted by Crippen LogP contribution is -2.31. The third-order valence-corrected chi connectivity index (χ3v) is 4.43. The number of carbonyl (C=O) groups is 1. The fraction of sp³-hybridized carbons (Fsp3) is 0.333. The number of aromatic nitrogens is 1. The van der Waals surface area contributed by atoms with Gasteiger partial charge in [-0.2, -0.15) is 0 Å². The maximum Gasteiger partial charge on any atom is 0.270 e. The van der Waals surface area contributed by atoms with Gasteiger partial charge in [0.2, 0.25) is 5.56 Å². The van der Waals surface area contributed by atoms with Crippen molar-refractivity contribution in [1.82, 2.24) is 9.88 Å². The normalized spacial score (nSPS) is 20.1. The Balaban J connectivity index is 1.86. The molecule has 0 saturated carbocycles. The number of carbonyl (C=O) groups excluding carboxylic acids is 1. The molecule has 1 atom stereocenters. The van der Waals surface area contributed by atoms with Gasteiger partial charge in [-0.3, -0.25) is 9.59 Å². The van der Waals surface area contributed by atoms with E-state index in [1.54, 1.807) is 12.1 Å². The third-order valence-electron chi connectivity index (χ3n) is 4.43. The highest BCUT2D eigenvalue weighted by molar-refractivity contribution is 5.92. The zero-order valence-corrected chi connectivity index (χ0v) is 12.9. The van der Waals surface area contributed by atoms with E-state index < -0.39 is 0 Å². The van der Waals surface area contributed by atoms with Crippen molar-refractivity contribution in [3.05, 3.63) is 70.1 Å². The second-order valence-electron chi connectivity index (χ2n) is 6.57. The SMILES string of the molecule is CC1(C)CN(C(=O)c2cccc(=O)[nH]2)C[C@@H]1c1ccccc1. The molecule has 1 N–H and O–H groups in total. The lowest BCUT2D eigenvalue weighted by Gasteiger charge is -2.25. The quantitative estimate of drug-likeness (QED) is 0.926. The van der Waals surface area contributed by atoms with Crippen LogP contribution in [-0.4, -0.2) is 28.9 Å². The highest BCUT2D eigenvalue weighted by atomic mass is 16.2. The van der Waals surface area contributed by atoms with Crippen LogP contribution in [0.4, 0.5) is 0 Å². The Morgan fingerprint density at radius 1 is 1.14 bits per heavy atom. The molecule has 0 radical (unpaired) electrons. The summed E-state index contributed by atoms with van der Waals surface area (Å²) in [7, 11) is 0. The Morgan fingerprint density at radius 2 is 1.86 bits per heavy atom. The molecule has 1 aliphatic heterocycles. The number of H-pyrrole nitrogens is 1. The lowest BCUT2D eigenvalue weighted by molar-refractivity contribution is 0.0772. The van der Waals surface area contributed by atoms with Crippen molar-refractivity contribution in [2.24, 2.45) is 5.41 Å². The first kappa shape index (κ1) is 14.6. The number of hydrogen-bond acceptors (Lipinski definition) is 2. The van der Waals surface area contributed by atoms with Crippen LogP contribution in [0.5, 0.6) is 0 Å². The van der Waals surface area contributed by atoms with Crippen LogP contribution >= 0.6 is 0 Å². The molecule has 1 fully saturated rings.